The molecule has 0 radical (unpaired) electrons. The van der Waals surface area contributed by atoms with Gasteiger partial charge < -0.3 is 19.9 Å². The smallest absolute Gasteiger partial charge is 0.414 e. The van der Waals surface area contributed by atoms with Crippen molar-refractivity contribution in [1.29, 1.82) is 0 Å². The van der Waals surface area contributed by atoms with E-state index in [0.29, 0.717) is 18.9 Å². The molecule has 3 saturated heterocycles. The molecule has 7 nitrogen and oxygen atoms in total. The minimum Gasteiger partial charge on any atom is -0.444 e. The van der Waals surface area contributed by atoms with Gasteiger partial charge in [-0.3, -0.25) is 9.69 Å². The molecule has 5 rings (SSSR count). The van der Waals surface area contributed by atoms with E-state index >= 15 is 0 Å². The Morgan fingerprint density at radius 2 is 1.72 bits per heavy atom. The summed E-state index contributed by atoms with van der Waals surface area (Å²) in [5.74, 6) is -0.219. The molecule has 0 bridgehead atoms. The van der Waals surface area contributed by atoms with Crippen LogP contribution >= 0.6 is 0 Å². The summed E-state index contributed by atoms with van der Waals surface area (Å²) < 4.78 is 18.7. The highest BCUT2D eigenvalue weighted by molar-refractivity contribution is 5.93. The Labute approximate surface area is 186 Å². The summed E-state index contributed by atoms with van der Waals surface area (Å²) in [6, 6.07) is 16.0. The monoisotopic (exact) mass is 438 g/mol. The van der Waals surface area contributed by atoms with Crippen molar-refractivity contribution in [3.8, 4) is 0 Å². The number of hydrogen-bond donors (Lipinski definition) is 1. The fourth-order valence-electron chi connectivity index (χ4n) is 5.01. The van der Waals surface area contributed by atoms with Crippen LogP contribution in [0.2, 0.25) is 0 Å². The Bertz CT molecular complexity index is 976. The van der Waals surface area contributed by atoms with E-state index in [1.54, 1.807) is 17.0 Å². The van der Waals surface area contributed by atoms with E-state index in [1.807, 2.05) is 18.2 Å². The first-order valence-electron chi connectivity index (χ1n) is 11.1. The van der Waals surface area contributed by atoms with E-state index in [9.17, 15) is 14.0 Å². The van der Waals surface area contributed by atoms with Crippen LogP contribution < -0.4 is 15.1 Å². The van der Waals surface area contributed by atoms with Crippen LogP contribution in [0, 0.1) is 5.82 Å². The van der Waals surface area contributed by atoms with E-state index < -0.39 is 5.54 Å². The lowest BCUT2D eigenvalue weighted by Crippen LogP contribution is -2.56. The first-order valence-corrected chi connectivity index (χ1v) is 11.1. The zero-order chi connectivity index (χ0) is 22.1. The van der Waals surface area contributed by atoms with Crippen molar-refractivity contribution >= 4 is 23.4 Å². The molecule has 8 heteroatoms. The van der Waals surface area contributed by atoms with E-state index in [-0.39, 0.29) is 23.9 Å². The van der Waals surface area contributed by atoms with Crippen LogP contribution in [-0.2, 0) is 9.53 Å². The van der Waals surface area contributed by atoms with E-state index in [1.165, 1.54) is 12.1 Å². The molecule has 1 N–H and O–H groups in total. The Hall–Kier alpha value is -3.13. The highest BCUT2D eigenvalue weighted by atomic mass is 19.1. The fraction of sp³-hybridized carbons (Fsp3) is 0.417. The third kappa shape index (κ3) is 3.79. The number of nitrogens with zero attached hydrogens (tertiary/aromatic N) is 3. The molecule has 3 fully saturated rings. The number of anilines is 2. The van der Waals surface area contributed by atoms with Crippen molar-refractivity contribution in [1.82, 2.24) is 10.2 Å². The fourth-order valence-corrected chi connectivity index (χ4v) is 5.01. The lowest BCUT2D eigenvalue weighted by atomic mass is 9.85. The van der Waals surface area contributed by atoms with Crippen molar-refractivity contribution in [2.45, 2.75) is 30.9 Å². The quantitative estimate of drug-likeness (QED) is 0.778. The van der Waals surface area contributed by atoms with Crippen LogP contribution in [0.4, 0.5) is 20.6 Å². The second-order valence-electron chi connectivity index (χ2n) is 8.68. The molecule has 2 aromatic carbocycles. The van der Waals surface area contributed by atoms with Gasteiger partial charge in [0.25, 0.3) is 0 Å². The Morgan fingerprint density at radius 1 is 1.00 bits per heavy atom. The Kier molecular flexibility index (Phi) is 5.46. The first kappa shape index (κ1) is 20.8. The van der Waals surface area contributed by atoms with Crippen LogP contribution in [-0.4, -0.2) is 61.4 Å². The normalized spacial score (nSPS) is 23.0. The lowest BCUT2D eigenvalue weighted by molar-refractivity contribution is -0.125. The van der Waals surface area contributed by atoms with Gasteiger partial charge in [0.05, 0.1) is 13.2 Å². The Balaban J connectivity index is 1.16. The average molecular weight is 439 g/mol. The average Bonchev–Trinajstić information content (AvgIpc) is 3.34. The second-order valence-corrected chi connectivity index (χ2v) is 8.68. The topological polar surface area (TPSA) is 65.1 Å². The van der Waals surface area contributed by atoms with Crippen LogP contribution in [0.25, 0.3) is 0 Å². The number of carbonyl (C=O) groups is 2. The lowest BCUT2D eigenvalue weighted by Gasteiger charge is -2.43. The number of carbonyl (C=O) groups excluding carboxylic acids is 2. The van der Waals surface area contributed by atoms with Crippen LogP contribution in [0.1, 0.15) is 19.3 Å². The number of halogens is 1. The molecule has 1 atom stereocenters. The van der Waals surface area contributed by atoms with Gasteiger partial charge in [-0.05, 0) is 55.7 Å². The zero-order valence-corrected chi connectivity index (χ0v) is 17.9. The van der Waals surface area contributed by atoms with E-state index in [0.717, 1.165) is 44.6 Å². The maximum atomic E-state index is 13.2. The van der Waals surface area contributed by atoms with Gasteiger partial charge in [0.1, 0.15) is 17.5 Å². The number of nitrogens with one attached hydrogen (secondary N) is 1. The summed E-state index contributed by atoms with van der Waals surface area (Å²) in [5.41, 5.74) is 1.22. The van der Waals surface area contributed by atoms with E-state index in [2.05, 4.69) is 27.2 Å². The molecular weight excluding hydrogens is 411 g/mol. The summed E-state index contributed by atoms with van der Waals surface area (Å²) in [6.45, 7) is 3.45. The summed E-state index contributed by atoms with van der Waals surface area (Å²) in [5, 5.41) is 3.03. The number of likely N-dealkylation sites (tertiary alicyclic amines) is 1. The number of cyclic esters (lactones) is 1. The minimum atomic E-state index is -0.489. The van der Waals surface area contributed by atoms with Gasteiger partial charge in [-0.1, -0.05) is 18.2 Å². The number of rotatable bonds is 5. The molecule has 1 spiro atoms. The second kappa shape index (κ2) is 8.43. The number of benzene rings is 2. The van der Waals surface area contributed by atoms with Crippen molar-refractivity contribution in [3.05, 3.63) is 60.4 Å². The summed E-state index contributed by atoms with van der Waals surface area (Å²) >= 11 is 0. The molecule has 0 aromatic heterocycles. The van der Waals surface area contributed by atoms with Gasteiger partial charge >= 0.3 is 6.09 Å². The van der Waals surface area contributed by atoms with Gasteiger partial charge in [0.2, 0.25) is 5.91 Å². The molecule has 0 saturated carbocycles. The van der Waals surface area contributed by atoms with Gasteiger partial charge in [-0.25, -0.2) is 9.18 Å². The van der Waals surface area contributed by atoms with Crippen molar-refractivity contribution < 1.29 is 18.7 Å². The molecule has 3 heterocycles. The zero-order valence-electron chi connectivity index (χ0n) is 17.9. The van der Waals surface area contributed by atoms with E-state index in [4.69, 9.17) is 4.74 Å². The molecule has 2 amide bonds. The highest BCUT2D eigenvalue weighted by Gasteiger charge is 2.50. The summed E-state index contributed by atoms with van der Waals surface area (Å²) in [4.78, 5) is 31.1. The first-order chi connectivity index (χ1) is 15.5. The number of ether oxygens (including phenoxy) is 1. The van der Waals surface area contributed by atoms with Gasteiger partial charge in [0.15, 0.2) is 0 Å². The third-order valence-electron chi connectivity index (χ3n) is 6.87. The van der Waals surface area contributed by atoms with Crippen LogP contribution in [0.5, 0.6) is 0 Å². The van der Waals surface area contributed by atoms with Crippen molar-refractivity contribution in [2.24, 2.45) is 0 Å². The summed E-state index contributed by atoms with van der Waals surface area (Å²) in [6.07, 6.45) is 1.67. The SMILES string of the molecule is O=C1OC(CCN2CCC3(CC2)C(=O)NCN3c2ccccc2)CN1c1ccc(F)cc1. The number of piperidine rings is 1. The molecule has 3 aliphatic heterocycles. The highest BCUT2D eigenvalue weighted by Crippen LogP contribution is 2.36. The molecule has 168 valence electrons. The molecular formula is C24H27FN4O3. The third-order valence-corrected chi connectivity index (χ3v) is 6.87. The van der Waals surface area contributed by atoms with Gasteiger partial charge in [-0.2, -0.15) is 0 Å². The van der Waals surface area contributed by atoms with Crippen LogP contribution in [0.15, 0.2) is 54.6 Å². The van der Waals surface area contributed by atoms with Gasteiger partial charge in [-0.15, -0.1) is 0 Å². The minimum absolute atomic E-state index is 0.112. The number of para-hydroxylation sites is 1. The van der Waals surface area contributed by atoms with Crippen molar-refractivity contribution in [2.75, 3.05) is 42.6 Å². The molecule has 1 unspecified atom stereocenters. The standard InChI is InChI=1S/C24H27FN4O3/c25-18-6-8-19(9-7-18)28-16-21(32-23(28)31)10-13-27-14-11-24(12-15-27)22(30)26-17-29(24)20-4-2-1-3-5-20/h1-9,21H,10-17H2,(H,26,30). The largest absolute Gasteiger partial charge is 0.444 e. The van der Waals surface area contributed by atoms with Gasteiger partial charge in [0, 0.05) is 31.0 Å². The summed E-state index contributed by atoms with van der Waals surface area (Å²) in [7, 11) is 0. The molecule has 2 aromatic rings. The predicted molar refractivity (Wildman–Crippen MR) is 119 cm³/mol. The Morgan fingerprint density at radius 3 is 2.44 bits per heavy atom. The van der Waals surface area contributed by atoms with Crippen LogP contribution in [0.3, 0.4) is 0 Å². The number of hydrogen-bond acceptors (Lipinski definition) is 5. The maximum absolute atomic E-state index is 13.2. The van der Waals surface area contributed by atoms with Crippen molar-refractivity contribution in [3.63, 3.8) is 0 Å². The predicted octanol–water partition coefficient (Wildman–Crippen LogP) is 2.97. The molecule has 3 aliphatic rings. The molecule has 32 heavy (non-hydrogen) atoms. The maximum Gasteiger partial charge on any atom is 0.414 e. The number of amides is 2. The molecule has 0 aliphatic carbocycles.